The number of hydrogen-bond donors (Lipinski definition) is 2. The van der Waals surface area contributed by atoms with E-state index in [0.717, 1.165) is 24.2 Å². The highest BCUT2D eigenvalue weighted by Gasteiger charge is 2.36. The third kappa shape index (κ3) is 3.19. The maximum Gasteiger partial charge on any atom is 0.163 e. The molecule has 2 aromatic rings. The smallest absolute Gasteiger partial charge is 0.163 e. The van der Waals surface area contributed by atoms with Gasteiger partial charge in [-0.3, -0.25) is 0 Å². The average Bonchev–Trinajstić information content (AvgIpc) is 2.57. The van der Waals surface area contributed by atoms with E-state index in [4.69, 9.17) is 4.74 Å². The van der Waals surface area contributed by atoms with Gasteiger partial charge in [0.15, 0.2) is 5.60 Å². The number of rotatable bonds is 4. The van der Waals surface area contributed by atoms with Crippen LogP contribution in [0.15, 0.2) is 54.6 Å². The first kappa shape index (κ1) is 15.2. The highest BCUT2D eigenvalue weighted by molar-refractivity contribution is 5.36. The van der Waals surface area contributed by atoms with Crippen molar-refractivity contribution in [1.82, 2.24) is 0 Å². The van der Waals surface area contributed by atoms with Crippen LogP contribution in [0.1, 0.15) is 11.1 Å². The van der Waals surface area contributed by atoms with Crippen LogP contribution >= 0.6 is 0 Å². The van der Waals surface area contributed by atoms with Crippen molar-refractivity contribution in [3.8, 4) is 0 Å². The fraction of sp³-hybridized carbons (Fsp3) is 0.333. The molecule has 1 saturated heterocycles. The maximum absolute atomic E-state index is 13.2. The summed E-state index contributed by atoms with van der Waals surface area (Å²) < 4.78 is 18.6. The second-order valence-electron chi connectivity index (χ2n) is 5.77. The van der Waals surface area contributed by atoms with Gasteiger partial charge < -0.3 is 14.7 Å². The molecule has 2 aromatic carbocycles. The second-order valence-corrected chi connectivity index (χ2v) is 5.77. The minimum absolute atomic E-state index is 0.294. The van der Waals surface area contributed by atoms with Crippen molar-refractivity contribution >= 4 is 0 Å². The minimum atomic E-state index is -1.12. The molecule has 0 unspecified atom stereocenters. The molecule has 0 bridgehead atoms. The summed E-state index contributed by atoms with van der Waals surface area (Å²) in [7, 11) is 0. The van der Waals surface area contributed by atoms with Crippen LogP contribution in [0.4, 0.5) is 4.39 Å². The number of halogens is 1. The summed E-state index contributed by atoms with van der Waals surface area (Å²) >= 11 is 0. The Labute approximate surface area is 130 Å². The van der Waals surface area contributed by atoms with E-state index in [1.165, 1.54) is 17.0 Å². The summed E-state index contributed by atoms with van der Waals surface area (Å²) in [6.45, 7) is 3.71. The van der Waals surface area contributed by atoms with Gasteiger partial charge in [-0.1, -0.05) is 42.5 Å². The number of quaternary nitrogens is 1. The van der Waals surface area contributed by atoms with Gasteiger partial charge in [-0.15, -0.1) is 0 Å². The first-order valence-corrected chi connectivity index (χ1v) is 7.64. The maximum atomic E-state index is 13.2. The Kier molecular flexibility index (Phi) is 4.52. The number of ether oxygens (including phenoxy) is 1. The van der Waals surface area contributed by atoms with Crippen LogP contribution < -0.4 is 4.90 Å². The molecule has 0 saturated carbocycles. The first-order valence-electron chi connectivity index (χ1n) is 7.64. The zero-order valence-corrected chi connectivity index (χ0v) is 12.5. The van der Waals surface area contributed by atoms with Gasteiger partial charge in [0.1, 0.15) is 25.5 Å². The van der Waals surface area contributed by atoms with E-state index >= 15 is 0 Å². The fourth-order valence-electron chi connectivity index (χ4n) is 3.01. The van der Waals surface area contributed by atoms with Crippen LogP contribution in [0.2, 0.25) is 0 Å². The Morgan fingerprint density at radius 2 is 1.55 bits per heavy atom. The molecule has 1 aliphatic rings. The van der Waals surface area contributed by atoms with E-state index in [1.54, 1.807) is 12.1 Å². The van der Waals surface area contributed by atoms with Crippen LogP contribution in [0.25, 0.3) is 0 Å². The zero-order valence-electron chi connectivity index (χ0n) is 12.5. The van der Waals surface area contributed by atoms with Crippen molar-refractivity contribution in [3.05, 3.63) is 71.5 Å². The summed E-state index contributed by atoms with van der Waals surface area (Å²) in [5.41, 5.74) is 0.432. The van der Waals surface area contributed by atoms with Gasteiger partial charge in [-0.05, 0) is 23.3 Å². The molecule has 116 valence electrons. The average molecular weight is 302 g/mol. The predicted octanol–water partition coefficient (Wildman–Crippen LogP) is 0.977. The van der Waals surface area contributed by atoms with Gasteiger partial charge in [0.2, 0.25) is 0 Å². The normalized spacial score (nSPS) is 18.8. The van der Waals surface area contributed by atoms with Gasteiger partial charge in [-0.25, -0.2) is 4.39 Å². The molecule has 22 heavy (non-hydrogen) atoms. The highest BCUT2D eigenvalue weighted by Crippen LogP contribution is 2.28. The van der Waals surface area contributed by atoms with E-state index in [0.29, 0.717) is 19.8 Å². The molecular weight excluding hydrogens is 281 g/mol. The topological polar surface area (TPSA) is 33.9 Å². The Balaban J connectivity index is 1.95. The van der Waals surface area contributed by atoms with Gasteiger partial charge in [0, 0.05) is 0 Å². The van der Waals surface area contributed by atoms with Crippen LogP contribution in [0.5, 0.6) is 0 Å². The van der Waals surface area contributed by atoms with Crippen molar-refractivity contribution in [1.29, 1.82) is 0 Å². The summed E-state index contributed by atoms with van der Waals surface area (Å²) in [4.78, 5) is 1.29. The van der Waals surface area contributed by atoms with E-state index in [1.807, 2.05) is 30.3 Å². The van der Waals surface area contributed by atoms with Crippen molar-refractivity contribution in [2.75, 3.05) is 32.8 Å². The van der Waals surface area contributed by atoms with Crippen molar-refractivity contribution in [3.63, 3.8) is 0 Å². The molecule has 0 aromatic heterocycles. The van der Waals surface area contributed by atoms with Crippen LogP contribution in [0.3, 0.4) is 0 Å². The Hall–Kier alpha value is -1.75. The molecule has 0 amide bonds. The van der Waals surface area contributed by atoms with Gasteiger partial charge in [0.25, 0.3) is 0 Å². The van der Waals surface area contributed by atoms with Gasteiger partial charge in [0.05, 0.1) is 13.2 Å². The van der Waals surface area contributed by atoms with E-state index in [2.05, 4.69) is 0 Å². The quantitative estimate of drug-likeness (QED) is 0.883. The second kappa shape index (κ2) is 6.57. The van der Waals surface area contributed by atoms with Crippen molar-refractivity contribution in [2.45, 2.75) is 5.60 Å². The monoisotopic (exact) mass is 302 g/mol. The molecule has 0 aliphatic carbocycles. The Morgan fingerprint density at radius 3 is 2.18 bits per heavy atom. The molecule has 4 heteroatoms. The molecule has 0 spiro atoms. The number of nitrogens with one attached hydrogen (secondary N) is 1. The third-order valence-corrected chi connectivity index (χ3v) is 4.28. The standard InChI is InChI=1S/C18H20FNO2/c19-17-8-6-16(7-9-17)18(21,15-4-2-1-3-5-15)14-20-10-12-22-13-11-20/h1-9,21H,10-14H2/p+1/t18-/m0/s1. The highest BCUT2D eigenvalue weighted by atomic mass is 19.1. The van der Waals surface area contributed by atoms with Gasteiger partial charge >= 0.3 is 0 Å². The predicted molar refractivity (Wildman–Crippen MR) is 82.2 cm³/mol. The Morgan fingerprint density at radius 1 is 0.955 bits per heavy atom. The van der Waals surface area contributed by atoms with E-state index in [-0.39, 0.29) is 5.82 Å². The Bertz CT molecular complexity index is 596. The summed E-state index contributed by atoms with van der Waals surface area (Å²) in [6, 6.07) is 15.7. The largest absolute Gasteiger partial charge is 0.375 e. The molecule has 1 aliphatic heterocycles. The molecule has 1 fully saturated rings. The van der Waals surface area contributed by atoms with Crippen LogP contribution in [-0.2, 0) is 10.3 Å². The molecule has 0 radical (unpaired) electrons. The van der Waals surface area contributed by atoms with Crippen molar-refractivity contribution < 1.29 is 19.1 Å². The van der Waals surface area contributed by atoms with Crippen LogP contribution in [-0.4, -0.2) is 38.0 Å². The van der Waals surface area contributed by atoms with Crippen LogP contribution in [0, 0.1) is 5.82 Å². The lowest BCUT2D eigenvalue weighted by Gasteiger charge is -2.34. The lowest BCUT2D eigenvalue weighted by molar-refractivity contribution is -0.914. The SMILES string of the molecule is O[C@@](C[NH+]1CCOCC1)(c1ccccc1)c1ccc(F)cc1. The molecule has 2 N–H and O–H groups in total. The number of hydrogen-bond acceptors (Lipinski definition) is 2. The lowest BCUT2D eigenvalue weighted by Crippen LogP contribution is -3.15. The molecule has 1 heterocycles. The molecule has 3 nitrogen and oxygen atoms in total. The number of benzene rings is 2. The van der Waals surface area contributed by atoms with E-state index in [9.17, 15) is 9.50 Å². The number of morpholine rings is 1. The number of aliphatic hydroxyl groups is 1. The zero-order chi connectivity index (χ0) is 15.4. The van der Waals surface area contributed by atoms with Crippen molar-refractivity contribution in [2.24, 2.45) is 0 Å². The first-order chi connectivity index (χ1) is 10.7. The fourth-order valence-corrected chi connectivity index (χ4v) is 3.01. The molecule has 3 rings (SSSR count). The summed E-state index contributed by atoms with van der Waals surface area (Å²) in [5.74, 6) is -0.294. The minimum Gasteiger partial charge on any atom is -0.375 e. The van der Waals surface area contributed by atoms with E-state index < -0.39 is 5.60 Å². The summed E-state index contributed by atoms with van der Waals surface area (Å²) in [5, 5.41) is 11.4. The summed E-state index contributed by atoms with van der Waals surface area (Å²) in [6.07, 6.45) is 0. The molecule has 1 atom stereocenters. The lowest BCUT2D eigenvalue weighted by atomic mass is 9.85. The third-order valence-electron chi connectivity index (χ3n) is 4.28. The van der Waals surface area contributed by atoms with Gasteiger partial charge in [-0.2, -0.15) is 0 Å². The molecular formula is C18H21FNO2+.